The molecule has 0 aliphatic carbocycles. The minimum Gasteiger partial charge on any atom is -0.382 e. The molecule has 98 valence electrons. The fourth-order valence-corrected chi connectivity index (χ4v) is 1.73. The van der Waals surface area contributed by atoms with E-state index in [0.717, 1.165) is 0 Å². The van der Waals surface area contributed by atoms with Crippen molar-refractivity contribution in [3.05, 3.63) is 48.2 Å². The summed E-state index contributed by atoms with van der Waals surface area (Å²) in [5.74, 6) is 0.0485. The number of para-hydroxylation sites is 1. The molecule has 1 heterocycles. The number of aromatic nitrogens is 2. The summed E-state index contributed by atoms with van der Waals surface area (Å²) in [4.78, 5) is 9.89. The van der Waals surface area contributed by atoms with Crippen molar-refractivity contribution in [3.63, 3.8) is 0 Å². The quantitative estimate of drug-likeness (QED) is 0.650. The third-order valence-electron chi connectivity index (χ3n) is 2.65. The van der Waals surface area contributed by atoms with Crippen LogP contribution in [0.2, 0.25) is 0 Å². The third kappa shape index (κ3) is 2.67. The molecule has 0 amide bonds. The SMILES string of the molecule is CCN(c1cnc(C(=N)N)cn1)c1ccccc1F. The van der Waals surface area contributed by atoms with Gasteiger partial charge in [0.1, 0.15) is 17.3 Å². The topological polar surface area (TPSA) is 78.9 Å². The van der Waals surface area contributed by atoms with Gasteiger partial charge in [-0.15, -0.1) is 0 Å². The highest BCUT2D eigenvalue weighted by molar-refractivity contribution is 5.92. The predicted molar refractivity (Wildman–Crippen MR) is 72.1 cm³/mol. The number of hydrogen-bond acceptors (Lipinski definition) is 4. The largest absolute Gasteiger partial charge is 0.382 e. The Kier molecular flexibility index (Phi) is 3.70. The molecule has 0 aliphatic heterocycles. The number of hydrogen-bond donors (Lipinski definition) is 2. The average molecular weight is 259 g/mol. The molecule has 0 spiro atoms. The van der Waals surface area contributed by atoms with Crippen molar-refractivity contribution in [1.82, 2.24) is 9.97 Å². The monoisotopic (exact) mass is 259 g/mol. The van der Waals surface area contributed by atoms with Gasteiger partial charge >= 0.3 is 0 Å². The van der Waals surface area contributed by atoms with Crippen LogP contribution in [0.3, 0.4) is 0 Å². The zero-order valence-electron chi connectivity index (χ0n) is 10.5. The molecule has 5 nitrogen and oxygen atoms in total. The van der Waals surface area contributed by atoms with Crippen LogP contribution in [0.1, 0.15) is 12.6 Å². The first-order valence-electron chi connectivity index (χ1n) is 5.82. The van der Waals surface area contributed by atoms with Crippen molar-refractivity contribution in [2.75, 3.05) is 11.4 Å². The Morgan fingerprint density at radius 2 is 2.05 bits per heavy atom. The highest BCUT2D eigenvalue weighted by Crippen LogP contribution is 2.25. The predicted octanol–water partition coefficient (Wildman–Crippen LogP) is 2.06. The van der Waals surface area contributed by atoms with Gasteiger partial charge in [-0.1, -0.05) is 12.1 Å². The van der Waals surface area contributed by atoms with E-state index in [-0.39, 0.29) is 11.7 Å². The van der Waals surface area contributed by atoms with Gasteiger partial charge in [-0.25, -0.2) is 14.4 Å². The molecule has 0 unspecified atom stereocenters. The van der Waals surface area contributed by atoms with Crippen LogP contribution in [0.15, 0.2) is 36.7 Å². The number of rotatable bonds is 4. The Morgan fingerprint density at radius 1 is 1.32 bits per heavy atom. The van der Waals surface area contributed by atoms with Crippen LogP contribution < -0.4 is 10.6 Å². The Hall–Kier alpha value is -2.50. The van der Waals surface area contributed by atoms with E-state index < -0.39 is 0 Å². The van der Waals surface area contributed by atoms with E-state index in [2.05, 4.69) is 9.97 Å². The molecule has 19 heavy (non-hydrogen) atoms. The van der Waals surface area contributed by atoms with Crippen molar-refractivity contribution in [2.24, 2.45) is 5.73 Å². The van der Waals surface area contributed by atoms with Crippen molar-refractivity contribution in [1.29, 1.82) is 5.41 Å². The van der Waals surface area contributed by atoms with Crippen LogP contribution in [0.4, 0.5) is 15.9 Å². The maximum absolute atomic E-state index is 13.8. The van der Waals surface area contributed by atoms with Gasteiger partial charge in [0.05, 0.1) is 18.1 Å². The van der Waals surface area contributed by atoms with E-state index in [1.54, 1.807) is 23.1 Å². The molecule has 3 N–H and O–H groups in total. The van der Waals surface area contributed by atoms with Gasteiger partial charge in [-0.2, -0.15) is 0 Å². The minimum atomic E-state index is -0.318. The lowest BCUT2D eigenvalue weighted by Gasteiger charge is -2.22. The molecular formula is C13H14FN5. The number of halogens is 1. The van der Waals surface area contributed by atoms with E-state index in [9.17, 15) is 4.39 Å². The second-order valence-electron chi connectivity index (χ2n) is 3.87. The van der Waals surface area contributed by atoms with Crippen LogP contribution in [-0.4, -0.2) is 22.3 Å². The van der Waals surface area contributed by atoms with Crippen molar-refractivity contribution >= 4 is 17.3 Å². The highest BCUT2D eigenvalue weighted by Gasteiger charge is 2.13. The summed E-state index contributed by atoms with van der Waals surface area (Å²) < 4.78 is 13.8. The van der Waals surface area contributed by atoms with Gasteiger partial charge < -0.3 is 10.6 Å². The molecule has 1 aromatic carbocycles. The summed E-state index contributed by atoms with van der Waals surface area (Å²) in [7, 11) is 0. The molecule has 2 aromatic rings. The fourth-order valence-electron chi connectivity index (χ4n) is 1.73. The van der Waals surface area contributed by atoms with Gasteiger partial charge in [0.15, 0.2) is 5.82 Å². The molecule has 0 radical (unpaired) electrons. The number of anilines is 2. The first-order chi connectivity index (χ1) is 9.13. The number of amidine groups is 1. The number of nitrogens with one attached hydrogen (secondary N) is 1. The van der Waals surface area contributed by atoms with Gasteiger partial charge in [0.2, 0.25) is 0 Å². The molecule has 0 bridgehead atoms. The van der Waals surface area contributed by atoms with Crippen molar-refractivity contribution < 1.29 is 4.39 Å². The fraction of sp³-hybridized carbons (Fsp3) is 0.154. The summed E-state index contributed by atoms with van der Waals surface area (Å²) >= 11 is 0. The van der Waals surface area contributed by atoms with E-state index in [1.807, 2.05) is 6.92 Å². The molecule has 0 aliphatic rings. The summed E-state index contributed by atoms with van der Waals surface area (Å²) in [5.41, 5.74) is 6.05. The smallest absolute Gasteiger partial charge is 0.151 e. The van der Waals surface area contributed by atoms with Gasteiger partial charge in [-0.05, 0) is 19.1 Å². The average Bonchev–Trinajstić information content (AvgIpc) is 2.42. The van der Waals surface area contributed by atoms with Gasteiger partial charge in [0, 0.05) is 6.54 Å². The van der Waals surface area contributed by atoms with Gasteiger partial charge in [-0.3, -0.25) is 5.41 Å². The van der Waals surface area contributed by atoms with Crippen molar-refractivity contribution in [2.45, 2.75) is 6.92 Å². The first kappa shape index (κ1) is 12.9. The number of nitrogens with two attached hydrogens (primary N) is 1. The van der Waals surface area contributed by atoms with Crippen LogP contribution >= 0.6 is 0 Å². The first-order valence-corrected chi connectivity index (χ1v) is 5.82. The van der Waals surface area contributed by atoms with E-state index in [4.69, 9.17) is 11.1 Å². The van der Waals surface area contributed by atoms with Gasteiger partial charge in [0.25, 0.3) is 0 Å². The lowest BCUT2D eigenvalue weighted by atomic mass is 10.2. The molecule has 1 aromatic heterocycles. The standard InChI is InChI=1S/C13H14FN5/c1-2-19(11-6-4-3-5-9(11)14)12-8-17-10(7-18-12)13(15)16/h3-8H,2H2,1H3,(H3,15,16). The van der Waals surface area contributed by atoms with Crippen LogP contribution in [0, 0.1) is 11.2 Å². The van der Waals surface area contributed by atoms with E-state index in [1.165, 1.54) is 18.5 Å². The maximum atomic E-state index is 13.8. The normalized spacial score (nSPS) is 10.2. The Bertz CT molecular complexity index is 582. The van der Waals surface area contributed by atoms with Crippen LogP contribution in [0.5, 0.6) is 0 Å². The second kappa shape index (κ2) is 5.43. The lowest BCUT2D eigenvalue weighted by molar-refractivity contribution is 0.625. The van der Waals surface area contributed by atoms with Crippen LogP contribution in [-0.2, 0) is 0 Å². The Labute approximate surface area is 110 Å². The Morgan fingerprint density at radius 3 is 2.58 bits per heavy atom. The van der Waals surface area contributed by atoms with E-state index >= 15 is 0 Å². The maximum Gasteiger partial charge on any atom is 0.151 e. The summed E-state index contributed by atoms with van der Waals surface area (Å²) in [6.07, 6.45) is 2.88. The zero-order chi connectivity index (χ0) is 13.8. The summed E-state index contributed by atoms with van der Waals surface area (Å²) in [6.45, 7) is 2.45. The molecule has 0 saturated carbocycles. The molecular weight excluding hydrogens is 245 g/mol. The lowest BCUT2D eigenvalue weighted by Crippen LogP contribution is -2.20. The minimum absolute atomic E-state index is 0.145. The molecule has 0 atom stereocenters. The summed E-state index contributed by atoms with van der Waals surface area (Å²) in [5, 5.41) is 7.26. The highest BCUT2D eigenvalue weighted by atomic mass is 19.1. The van der Waals surface area contributed by atoms with Crippen molar-refractivity contribution in [3.8, 4) is 0 Å². The summed E-state index contributed by atoms with van der Waals surface area (Å²) in [6, 6.07) is 6.48. The number of nitrogens with zero attached hydrogens (tertiary/aromatic N) is 3. The molecule has 0 saturated heterocycles. The zero-order valence-corrected chi connectivity index (χ0v) is 10.5. The second-order valence-corrected chi connectivity index (χ2v) is 3.87. The number of benzene rings is 1. The van der Waals surface area contributed by atoms with Crippen LogP contribution in [0.25, 0.3) is 0 Å². The van der Waals surface area contributed by atoms with E-state index in [0.29, 0.717) is 23.7 Å². The molecule has 0 fully saturated rings. The Balaban J connectivity index is 2.37. The third-order valence-corrected chi connectivity index (χ3v) is 2.65. The molecule has 6 heteroatoms. The number of nitrogen functional groups attached to an aromatic ring is 1. The molecule has 2 rings (SSSR count).